The summed E-state index contributed by atoms with van der Waals surface area (Å²) < 4.78 is 0. The van der Waals surface area contributed by atoms with Crippen LogP contribution in [0.4, 0.5) is 0 Å². The molecule has 1 aromatic carbocycles. The Morgan fingerprint density at radius 2 is 2.21 bits per heavy atom. The number of aromatic amines is 1. The van der Waals surface area contributed by atoms with Crippen LogP contribution in [0.2, 0.25) is 0 Å². The number of benzene rings is 1. The molecule has 1 atom stereocenters. The monoisotopic (exact) mass is 276 g/mol. The molecule has 0 saturated heterocycles. The molecule has 1 unspecified atom stereocenters. The number of nitrogens with one attached hydrogen (secondary N) is 2. The summed E-state index contributed by atoms with van der Waals surface area (Å²) >= 11 is 1.91. The largest absolute Gasteiger partial charge is 0.360 e. The number of carbonyl (C=O) groups excluding carboxylic acids is 1. The molecule has 19 heavy (non-hydrogen) atoms. The molecular formula is C15H20N2OS. The number of fused-ring (bicyclic) bond motifs is 1. The van der Waals surface area contributed by atoms with E-state index >= 15 is 0 Å². The van der Waals surface area contributed by atoms with Crippen molar-refractivity contribution < 1.29 is 4.79 Å². The normalized spacial score (nSPS) is 12.5. The van der Waals surface area contributed by atoms with Gasteiger partial charge in [0.1, 0.15) is 0 Å². The summed E-state index contributed by atoms with van der Waals surface area (Å²) in [7, 11) is 0. The van der Waals surface area contributed by atoms with E-state index in [1.807, 2.05) is 36.0 Å². The molecule has 0 aliphatic rings. The number of hydrogen-bond donors (Lipinski definition) is 2. The first-order valence-corrected chi connectivity index (χ1v) is 7.82. The van der Waals surface area contributed by atoms with E-state index in [0.29, 0.717) is 0 Å². The number of H-pyrrole nitrogens is 1. The Morgan fingerprint density at radius 1 is 1.42 bits per heavy atom. The molecule has 0 saturated carbocycles. The molecule has 3 nitrogen and oxygen atoms in total. The molecular weight excluding hydrogens is 256 g/mol. The summed E-state index contributed by atoms with van der Waals surface area (Å²) in [5.41, 5.74) is 1.73. The van der Waals surface area contributed by atoms with Gasteiger partial charge in [0.15, 0.2) is 0 Å². The molecule has 2 N–H and O–H groups in total. The third-order valence-corrected chi connectivity index (χ3v) is 4.04. The van der Waals surface area contributed by atoms with Gasteiger partial charge in [-0.05, 0) is 30.9 Å². The summed E-state index contributed by atoms with van der Waals surface area (Å²) in [6.07, 6.45) is 2.79. The van der Waals surface area contributed by atoms with E-state index in [1.54, 1.807) is 6.20 Å². The molecule has 0 radical (unpaired) electrons. The maximum atomic E-state index is 12.2. The number of para-hydroxylation sites is 1. The number of aromatic nitrogens is 1. The molecule has 0 bridgehead atoms. The molecule has 1 amide bonds. The third-order valence-electron chi connectivity index (χ3n) is 3.11. The van der Waals surface area contributed by atoms with Gasteiger partial charge in [-0.15, -0.1) is 0 Å². The first-order valence-electron chi connectivity index (χ1n) is 6.67. The smallest absolute Gasteiger partial charge is 0.253 e. The number of rotatable bonds is 6. The topological polar surface area (TPSA) is 44.9 Å². The minimum absolute atomic E-state index is 0.00597. The summed E-state index contributed by atoms with van der Waals surface area (Å²) in [6.45, 7) is 4.21. The maximum Gasteiger partial charge on any atom is 0.253 e. The van der Waals surface area contributed by atoms with Crippen molar-refractivity contribution in [2.75, 3.05) is 11.5 Å². The van der Waals surface area contributed by atoms with Crippen molar-refractivity contribution in [2.24, 2.45) is 0 Å². The zero-order chi connectivity index (χ0) is 13.7. The van der Waals surface area contributed by atoms with Crippen molar-refractivity contribution in [3.05, 3.63) is 36.0 Å². The van der Waals surface area contributed by atoms with Gasteiger partial charge in [0.2, 0.25) is 0 Å². The number of amides is 1. The van der Waals surface area contributed by atoms with Crippen LogP contribution in [0.25, 0.3) is 10.9 Å². The third kappa shape index (κ3) is 3.53. The highest BCUT2D eigenvalue weighted by Crippen LogP contribution is 2.17. The molecule has 1 aromatic heterocycles. The zero-order valence-corrected chi connectivity index (χ0v) is 12.2. The average Bonchev–Trinajstić information content (AvgIpc) is 2.83. The van der Waals surface area contributed by atoms with Gasteiger partial charge in [-0.1, -0.05) is 25.1 Å². The minimum atomic E-state index is 0.00597. The van der Waals surface area contributed by atoms with Crippen molar-refractivity contribution in [1.82, 2.24) is 10.3 Å². The first-order chi connectivity index (χ1) is 9.22. The van der Waals surface area contributed by atoms with Gasteiger partial charge in [0, 0.05) is 23.1 Å². The van der Waals surface area contributed by atoms with E-state index in [-0.39, 0.29) is 11.9 Å². The van der Waals surface area contributed by atoms with Crippen LogP contribution in [0.3, 0.4) is 0 Å². The average molecular weight is 276 g/mol. The van der Waals surface area contributed by atoms with Crippen LogP contribution in [0.5, 0.6) is 0 Å². The van der Waals surface area contributed by atoms with Crippen molar-refractivity contribution in [3.8, 4) is 0 Å². The molecule has 1 heterocycles. The van der Waals surface area contributed by atoms with E-state index in [0.717, 1.165) is 34.4 Å². The fourth-order valence-electron chi connectivity index (χ4n) is 2.04. The van der Waals surface area contributed by atoms with Crippen molar-refractivity contribution >= 4 is 28.6 Å². The standard InChI is InChI=1S/C15H20N2OS/c1-3-19-9-8-11(2)17-15(18)13-10-16-14-7-5-4-6-12(13)14/h4-7,10-11,16H,3,8-9H2,1-2H3,(H,17,18). The molecule has 0 spiro atoms. The van der Waals surface area contributed by atoms with Gasteiger partial charge in [0.25, 0.3) is 5.91 Å². The molecule has 2 aromatic rings. The molecule has 2 rings (SSSR count). The lowest BCUT2D eigenvalue weighted by atomic mass is 10.1. The Kier molecular flexibility index (Phi) is 4.91. The second kappa shape index (κ2) is 6.66. The van der Waals surface area contributed by atoms with Crippen molar-refractivity contribution in [3.63, 3.8) is 0 Å². The number of carbonyl (C=O) groups is 1. The lowest BCUT2D eigenvalue weighted by Crippen LogP contribution is -2.32. The van der Waals surface area contributed by atoms with E-state index in [9.17, 15) is 4.79 Å². The van der Waals surface area contributed by atoms with Gasteiger partial charge < -0.3 is 10.3 Å². The fraction of sp³-hybridized carbons (Fsp3) is 0.400. The van der Waals surface area contributed by atoms with Crippen LogP contribution < -0.4 is 5.32 Å². The highest BCUT2D eigenvalue weighted by atomic mass is 32.2. The number of thioether (sulfide) groups is 1. The molecule has 4 heteroatoms. The van der Waals surface area contributed by atoms with E-state index in [4.69, 9.17) is 0 Å². The Bertz CT molecular complexity index is 550. The summed E-state index contributed by atoms with van der Waals surface area (Å²) in [4.78, 5) is 15.4. The Balaban J connectivity index is 2.00. The van der Waals surface area contributed by atoms with Crippen molar-refractivity contribution in [2.45, 2.75) is 26.3 Å². The predicted molar refractivity (Wildman–Crippen MR) is 82.8 cm³/mol. The lowest BCUT2D eigenvalue weighted by Gasteiger charge is -2.13. The van der Waals surface area contributed by atoms with Gasteiger partial charge in [-0.3, -0.25) is 4.79 Å². The minimum Gasteiger partial charge on any atom is -0.360 e. The van der Waals surface area contributed by atoms with Crippen molar-refractivity contribution in [1.29, 1.82) is 0 Å². The highest BCUT2D eigenvalue weighted by molar-refractivity contribution is 7.99. The predicted octanol–water partition coefficient (Wildman–Crippen LogP) is 3.43. The number of hydrogen-bond acceptors (Lipinski definition) is 2. The zero-order valence-electron chi connectivity index (χ0n) is 11.4. The van der Waals surface area contributed by atoms with Gasteiger partial charge in [-0.2, -0.15) is 11.8 Å². The van der Waals surface area contributed by atoms with Crippen LogP contribution in [0, 0.1) is 0 Å². The van der Waals surface area contributed by atoms with Gasteiger partial charge in [0.05, 0.1) is 5.56 Å². The van der Waals surface area contributed by atoms with E-state index < -0.39 is 0 Å². The lowest BCUT2D eigenvalue weighted by molar-refractivity contribution is 0.0941. The Morgan fingerprint density at radius 3 is 3.00 bits per heavy atom. The maximum absolute atomic E-state index is 12.2. The van der Waals surface area contributed by atoms with Crippen LogP contribution in [0.15, 0.2) is 30.5 Å². The molecule has 102 valence electrons. The second-order valence-corrected chi connectivity index (χ2v) is 6.00. The highest BCUT2D eigenvalue weighted by Gasteiger charge is 2.13. The first kappa shape index (κ1) is 14.0. The molecule has 0 aliphatic heterocycles. The molecule has 0 aliphatic carbocycles. The SMILES string of the molecule is CCSCCC(C)NC(=O)c1c[nH]c2ccccc12. The molecule has 0 fully saturated rings. The van der Waals surface area contributed by atoms with Gasteiger partial charge in [-0.25, -0.2) is 0 Å². The van der Waals surface area contributed by atoms with Crippen LogP contribution in [-0.2, 0) is 0 Å². The van der Waals surface area contributed by atoms with Crippen LogP contribution in [0.1, 0.15) is 30.6 Å². The Hall–Kier alpha value is -1.42. The van der Waals surface area contributed by atoms with E-state index in [2.05, 4.69) is 24.1 Å². The second-order valence-electron chi connectivity index (χ2n) is 4.61. The quantitative estimate of drug-likeness (QED) is 0.794. The summed E-state index contributed by atoms with van der Waals surface area (Å²) in [5, 5.41) is 4.04. The summed E-state index contributed by atoms with van der Waals surface area (Å²) in [5.74, 6) is 2.22. The van der Waals surface area contributed by atoms with Crippen LogP contribution >= 0.6 is 11.8 Å². The summed E-state index contributed by atoms with van der Waals surface area (Å²) in [6, 6.07) is 8.07. The van der Waals surface area contributed by atoms with Crippen LogP contribution in [-0.4, -0.2) is 28.4 Å². The Labute approximate surface area is 118 Å². The fourth-order valence-corrected chi connectivity index (χ4v) is 2.85. The van der Waals surface area contributed by atoms with E-state index in [1.165, 1.54) is 0 Å². The van der Waals surface area contributed by atoms with Gasteiger partial charge >= 0.3 is 0 Å².